The number of hydrogen-bond acceptors (Lipinski definition) is 6. The third-order valence-electron chi connectivity index (χ3n) is 9.19. The van der Waals surface area contributed by atoms with Crippen LogP contribution >= 0.6 is 0 Å². The van der Waals surface area contributed by atoms with Crippen molar-refractivity contribution in [3.05, 3.63) is 131 Å². The lowest BCUT2D eigenvalue weighted by Crippen LogP contribution is -2.37. The molecule has 0 saturated heterocycles. The van der Waals surface area contributed by atoms with Crippen molar-refractivity contribution in [2.24, 2.45) is 0 Å². The van der Waals surface area contributed by atoms with E-state index in [0.717, 1.165) is 22.5 Å². The number of fused-ring (bicyclic) bond motifs is 1. The van der Waals surface area contributed by atoms with Crippen LogP contribution in [-0.2, 0) is 15.0 Å². The Labute approximate surface area is 282 Å². The van der Waals surface area contributed by atoms with E-state index in [1.165, 1.54) is 5.56 Å². The highest BCUT2D eigenvalue weighted by molar-refractivity contribution is 6.10. The Kier molecular flexibility index (Phi) is 9.13. The van der Waals surface area contributed by atoms with Crippen molar-refractivity contribution >= 4 is 29.1 Å². The number of anilines is 2. The molecule has 48 heavy (non-hydrogen) atoms. The van der Waals surface area contributed by atoms with E-state index in [9.17, 15) is 9.59 Å². The molecule has 0 fully saturated rings. The molecule has 0 bridgehead atoms. The number of benzene rings is 4. The lowest BCUT2D eigenvalue weighted by Gasteiger charge is -2.35. The summed E-state index contributed by atoms with van der Waals surface area (Å²) < 4.78 is 17.1. The van der Waals surface area contributed by atoms with Crippen molar-refractivity contribution in [1.82, 2.24) is 0 Å². The van der Waals surface area contributed by atoms with E-state index in [2.05, 4.69) is 50.4 Å². The summed E-state index contributed by atoms with van der Waals surface area (Å²) in [6.45, 7) is 6.59. The number of ether oxygens (including phenoxy) is 3. The standard InChI is InChI=1S/C41H42N2O5/c1-41(2,3)30-19-17-27(18-20-30)28-22-32-38(34(44)23-28)39(29-24-35(46-4)40(48-6)36(25-29)47-5)43(33-15-11-10-14-31(33)42-32)37(45)21-16-26-12-8-7-9-13-26/h7-21,24-25,28,39,42H,22-23H2,1-6H3/b21-16+/t28-,39+/m1/s1. The first kappa shape index (κ1) is 32.6. The van der Waals surface area contributed by atoms with Crippen molar-refractivity contribution in [3.63, 3.8) is 0 Å². The molecule has 0 spiro atoms. The van der Waals surface area contributed by atoms with Gasteiger partial charge in [-0.3, -0.25) is 14.5 Å². The molecule has 1 heterocycles. The number of amides is 1. The quantitative estimate of drug-likeness (QED) is 0.204. The van der Waals surface area contributed by atoms with Crippen LogP contribution in [-0.4, -0.2) is 33.0 Å². The Balaban J connectivity index is 1.54. The van der Waals surface area contributed by atoms with Crippen LogP contribution < -0.4 is 24.4 Å². The topological polar surface area (TPSA) is 77.1 Å². The molecule has 7 heteroatoms. The lowest BCUT2D eigenvalue weighted by molar-refractivity contribution is -0.116. The highest BCUT2D eigenvalue weighted by Crippen LogP contribution is 2.50. The van der Waals surface area contributed by atoms with Crippen molar-refractivity contribution in [1.29, 1.82) is 0 Å². The molecule has 2 atom stereocenters. The summed E-state index contributed by atoms with van der Waals surface area (Å²) >= 11 is 0. The van der Waals surface area contributed by atoms with Crippen LogP contribution in [0.2, 0.25) is 0 Å². The Morgan fingerprint density at radius 3 is 2.08 bits per heavy atom. The number of allylic oxidation sites excluding steroid dienone is 1. The number of nitrogens with one attached hydrogen (secondary N) is 1. The van der Waals surface area contributed by atoms with E-state index in [-0.39, 0.29) is 23.0 Å². The summed E-state index contributed by atoms with van der Waals surface area (Å²) in [7, 11) is 4.67. The minimum absolute atomic E-state index is 0.0225. The average molecular weight is 643 g/mol. The number of carbonyl (C=O) groups is 2. The number of carbonyl (C=O) groups excluding carboxylic acids is 2. The number of rotatable bonds is 7. The first-order valence-corrected chi connectivity index (χ1v) is 16.2. The summed E-state index contributed by atoms with van der Waals surface area (Å²) in [6.07, 6.45) is 4.28. The monoisotopic (exact) mass is 642 g/mol. The van der Waals surface area contributed by atoms with E-state index < -0.39 is 6.04 Å². The third kappa shape index (κ3) is 6.33. The average Bonchev–Trinajstić information content (AvgIpc) is 3.25. The molecule has 6 rings (SSSR count). The predicted octanol–water partition coefficient (Wildman–Crippen LogP) is 8.62. The third-order valence-corrected chi connectivity index (χ3v) is 9.19. The zero-order valence-corrected chi connectivity index (χ0v) is 28.4. The molecule has 1 aliphatic heterocycles. The Bertz CT molecular complexity index is 1860. The smallest absolute Gasteiger partial charge is 0.251 e. The Morgan fingerprint density at radius 1 is 0.812 bits per heavy atom. The van der Waals surface area contributed by atoms with Crippen LogP contribution in [0.1, 0.15) is 67.8 Å². The van der Waals surface area contributed by atoms with Gasteiger partial charge in [-0.1, -0.05) is 87.5 Å². The minimum Gasteiger partial charge on any atom is -0.493 e. The maximum atomic E-state index is 14.6. The second-order valence-corrected chi connectivity index (χ2v) is 13.2. The van der Waals surface area contributed by atoms with Gasteiger partial charge in [0.05, 0.1) is 38.7 Å². The molecule has 2 aliphatic rings. The van der Waals surface area contributed by atoms with Gasteiger partial charge in [0.25, 0.3) is 5.91 Å². The summed E-state index contributed by atoms with van der Waals surface area (Å²) in [5.41, 5.74) is 6.70. The molecule has 4 aromatic rings. The van der Waals surface area contributed by atoms with Crippen LogP contribution in [0.15, 0.2) is 108 Å². The molecule has 4 aromatic carbocycles. The Hall–Kier alpha value is -5.30. The van der Waals surface area contributed by atoms with Crippen LogP contribution in [0, 0.1) is 0 Å². The SMILES string of the molecule is COc1cc([C@H]2C3=C(C[C@@H](c4ccc(C(C)(C)C)cc4)CC3=O)Nc3ccccc3N2C(=O)/C=C/c2ccccc2)cc(OC)c1OC. The maximum absolute atomic E-state index is 14.6. The molecule has 246 valence electrons. The highest BCUT2D eigenvalue weighted by Gasteiger charge is 2.42. The van der Waals surface area contributed by atoms with E-state index in [0.29, 0.717) is 46.9 Å². The van der Waals surface area contributed by atoms with E-state index >= 15 is 0 Å². The number of ketones is 1. The zero-order valence-electron chi connectivity index (χ0n) is 28.4. The van der Waals surface area contributed by atoms with Gasteiger partial charge in [-0.25, -0.2) is 0 Å². The van der Waals surface area contributed by atoms with Gasteiger partial charge >= 0.3 is 0 Å². The number of hydrogen-bond donors (Lipinski definition) is 1. The molecule has 0 radical (unpaired) electrons. The van der Waals surface area contributed by atoms with E-state index in [1.54, 1.807) is 38.4 Å². The van der Waals surface area contributed by atoms with Gasteiger partial charge in [0.15, 0.2) is 17.3 Å². The highest BCUT2D eigenvalue weighted by atomic mass is 16.5. The van der Waals surface area contributed by atoms with Crippen LogP contribution in [0.5, 0.6) is 17.2 Å². The molecule has 1 aliphatic carbocycles. The summed E-state index contributed by atoms with van der Waals surface area (Å²) in [6, 6.07) is 28.9. The number of Topliss-reactive ketones (excluding diaryl/α,β-unsaturated/α-hetero) is 1. The number of methoxy groups -OCH3 is 3. The molecule has 1 amide bonds. The molecular weight excluding hydrogens is 600 g/mol. The van der Waals surface area contributed by atoms with Gasteiger partial charge in [0, 0.05) is 23.8 Å². The molecule has 0 aromatic heterocycles. The van der Waals surface area contributed by atoms with Crippen LogP contribution in [0.4, 0.5) is 11.4 Å². The van der Waals surface area contributed by atoms with Crippen LogP contribution in [0.3, 0.4) is 0 Å². The lowest BCUT2D eigenvalue weighted by atomic mass is 9.77. The summed E-state index contributed by atoms with van der Waals surface area (Å²) in [5.74, 6) is 0.989. The van der Waals surface area contributed by atoms with Gasteiger partial charge in [-0.05, 0) is 70.3 Å². The van der Waals surface area contributed by atoms with Crippen molar-refractivity contribution in [2.75, 3.05) is 31.5 Å². The van der Waals surface area contributed by atoms with Crippen LogP contribution in [0.25, 0.3) is 6.08 Å². The minimum atomic E-state index is -0.783. The fraction of sp³-hybridized carbons (Fsp3) is 0.268. The number of para-hydroxylation sites is 2. The predicted molar refractivity (Wildman–Crippen MR) is 191 cm³/mol. The second kappa shape index (κ2) is 13.4. The first-order valence-electron chi connectivity index (χ1n) is 16.2. The molecule has 1 N–H and O–H groups in total. The van der Waals surface area contributed by atoms with Crippen molar-refractivity contribution < 1.29 is 23.8 Å². The fourth-order valence-corrected chi connectivity index (χ4v) is 6.71. The van der Waals surface area contributed by atoms with Gasteiger partial charge in [0.2, 0.25) is 5.75 Å². The largest absolute Gasteiger partial charge is 0.493 e. The number of nitrogens with zero attached hydrogens (tertiary/aromatic N) is 1. The summed E-state index contributed by atoms with van der Waals surface area (Å²) in [5, 5.41) is 3.62. The van der Waals surface area contributed by atoms with Crippen molar-refractivity contribution in [3.8, 4) is 17.2 Å². The molecular formula is C41H42N2O5. The maximum Gasteiger partial charge on any atom is 0.251 e. The second-order valence-electron chi connectivity index (χ2n) is 13.2. The molecule has 0 saturated carbocycles. The Morgan fingerprint density at radius 2 is 1.46 bits per heavy atom. The molecule has 7 nitrogen and oxygen atoms in total. The molecule has 0 unspecified atom stereocenters. The van der Waals surface area contributed by atoms with E-state index in [1.807, 2.05) is 66.7 Å². The zero-order chi connectivity index (χ0) is 34.0. The van der Waals surface area contributed by atoms with Gasteiger partial charge < -0.3 is 19.5 Å². The van der Waals surface area contributed by atoms with Crippen molar-refractivity contribution in [2.45, 2.75) is 51.0 Å². The van der Waals surface area contributed by atoms with Gasteiger partial charge in [-0.15, -0.1) is 0 Å². The van der Waals surface area contributed by atoms with Gasteiger partial charge in [-0.2, -0.15) is 0 Å². The van der Waals surface area contributed by atoms with E-state index in [4.69, 9.17) is 14.2 Å². The fourth-order valence-electron chi connectivity index (χ4n) is 6.71. The summed E-state index contributed by atoms with van der Waals surface area (Å²) in [4.78, 5) is 30.7. The first-order chi connectivity index (χ1) is 23.1. The van der Waals surface area contributed by atoms with Gasteiger partial charge in [0.1, 0.15) is 0 Å². The normalized spacial score (nSPS) is 17.7.